The first kappa shape index (κ1) is 19.3. The fourth-order valence-corrected chi connectivity index (χ4v) is 3.45. The molecule has 1 aliphatic heterocycles. The molecule has 2 amide bonds. The largest absolute Gasteiger partial charge is 0.481 e. The van der Waals surface area contributed by atoms with Gasteiger partial charge in [0.2, 0.25) is 5.91 Å². The Labute approximate surface area is 152 Å². The van der Waals surface area contributed by atoms with Gasteiger partial charge in [-0.2, -0.15) is 11.8 Å². The Bertz CT molecular complexity index is 624. The third kappa shape index (κ3) is 5.22. The molecule has 0 spiro atoms. The minimum Gasteiger partial charge on any atom is -0.481 e. The maximum Gasteiger partial charge on any atom is 0.306 e. The first-order chi connectivity index (χ1) is 11.9. The van der Waals surface area contributed by atoms with E-state index in [2.05, 4.69) is 5.32 Å². The average Bonchev–Trinajstić information content (AvgIpc) is 2.62. The monoisotopic (exact) mass is 364 g/mol. The van der Waals surface area contributed by atoms with Crippen LogP contribution < -0.4 is 5.32 Å². The molecule has 2 rings (SSSR count). The first-order valence-electron chi connectivity index (χ1n) is 8.34. The number of carbonyl (C=O) groups excluding carboxylic acids is 2. The summed E-state index contributed by atoms with van der Waals surface area (Å²) in [6.45, 7) is 2.80. The molecule has 1 fully saturated rings. The van der Waals surface area contributed by atoms with E-state index in [4.69, 9.17) is 5.11 Å². The quantitative estimate of drug-likeness (QED) is 0.810. The van der Waals surface area contributed by atoms with Gasteiger partial charge < -0.3 is 15.3 Å². The molecular formula is C18H24N2O4S. The first-order valence-corrected chi connectivity index (χ1v) is 9.73. The molecule has 1 heterocycles. The van der Waals surface area contributed by atoms with Crippen molar-refractivity contribution in [3.63, 3.8) is 0 Å². The fourth-order valence-electron chi connectivity index (χ4n) is 2.80. The van der Waals surface area contributed by atoms with Crippen molar-refractivity contribution in [2.75, 3.05) is 30.4 Å². The molecule has 136 valence electrons. The lowest BCUT2D eigenvalue weighted by atomic mass is 9.96. The van der Waals surface area contributed by atoms with Crippen LogP contribution in [0.4, 0.5) is 5.69 Å². The van der Waals surface area contributed by atoms with Crippen molar-refractivity contribution in [2.24, 2.45) is 11.8 Å². The number of aliphatic carboxylic acids is 1. The van der Waals surface area contributed by atoms with Gasteiger partial charge in [-0.15, -0.1) is 0 Å². The van der Waals surface area contributed by atoms with Crippen molar-refractivity contribution in [3.05, 3.63) is 29.8 Å². The van der Waals surface area contributed by atoms with Crippen molar-refractivity contribution in [3.8, 4) is 0 Å². The van der Waals surface area contributed by atoms with E-state index >= 15 is 0 Å². The van der Waals surface area contributed by atoms with Crippen molar-refractivity contribution in [1.82, 2.24) is 4.90 Å². The average molecular weight is 364 g/mol. The number of carboxylic acids is 1. The Hall–Kier alpha value is -2.02. The number of piperidine rings is 1. The summed E-state index contributed by atoms with van der Waals surface area (Å²) in [6.07, 6.45) is 2.94. The van der Waals surface area contributed by atoms with Gasteiger partial charge in [-0.1, -0.05) is 6.92 Å². The molecule has 2 N–H and O–H groups in total. The lowest BCUT2D eigenvalue weighted by molar-refractivity contribution is -0.143. The van der Waals surface area contributed by atoms with E-state index in [1.165, 1.54) is 0 Å². The summed E-state index contributed by atoms with van der Waals surface area (Å²) >= 11 is 1.62. The molecule has 0 saturated carbocycles. The van der Waals surface area contributed by atoms with E-state index in [-0.39, 0.29) is 23.7 Å². The van der Waals surface area contributed by atoms with Crippen LogP contribution in [0.3, 0.4) is 0 Å². The van der Waals surface area contributed by atoms with E-state index in [1.807, 2.05) is 13.2 Å². The smallest absolute Gasteiger partial charge is 0.306 e. The number of carboxylic acid groups (broad SMARTS) is 1. The predicted octanol–water partition coefficient (Wildman–Crippen LogP) is 2.56. The van der Waals surface area contributed by atoms with Crippen LogP contribution in [0.2, 0.25) is 0 Å². The Balaban J connectivity index is 1.92. The number of rotatable bonds is 6. The van der Waals surface area contributed by atoms with Gasteiger partial charge >= 0.3 is 5.97 Å². The topological polar surface area (TPSA) is 86.7 Å². The van der Waals surface area contributed by atoms with Crippen LogP contribution in [0.5, 0.6) is 0 Å². The SMILES string of the molecule is CSCC(C)C(=O)Nc1ccc(C(=O)N2CCC(C(=O)O)CC2)cc1. The Morgan fingerprint density at radius 3 is 2.36 bits per heavy atom. The van der Waals surface area contributed by atoms with Gasteiger partial charge in [0.15, 0.2) is 0 Å². The summed E-state index contributed by atoms with van der Waals surface area (Å²) in [7, 11) is 0. The standard InChI is InChI=1S/C18H24N2O4S/c1-12(11-25-2)16(21)19-15-5-3-13(4-6-15)17(22)20-9-7-14(8-10-20)18(23)24/h3-6,12,14H,7-11H2,1-2H3,(H,19,21)(H,23,24). The number of amides is 2. The number of benzene rings is 1. The molecular weight excluding hydrogens is 340 g/mol. The second-order valence-corrected chi connectivity index (χ2v) is 7.24. The lowest BCUT2D eigenvalue weighted by Gasteiger charge is -2.30. The van der Waals surface area contributed by atoms with Crippen LogP contribution in [0, 0.1) is 11.8 Å². The van der Waals surface area contributed by atoms with Crippen LogP contribution in [0.1, 0.15) is 30.1 Å². The minimum absolute atomic E-state index is 0.0378. The minimum atomic E-state index is -0.789. The third-order valence-corrected chi connectivity index (χ3v) is 5.23. The summed E-state index contributed by atoms with van der Waals surface area (Å²) < 4.78 is 0. The predicted molar refractivity (Wildman–Crippen MR) is 98.9 cm³/mol. The molecule has 1 aromatic rings. The molecule has 1 aliphatic rings. The fraction of sp³-hybridized carbons (Fsp3) is 0.500. The molecule has 1 atom stereocenters. The number of nitrogens with one attached hydrogen (secondary N) is 1. The van der Waals surface area contributed by atoms with E-state index in [9.17, 15) is 14.4 Å². The summed E-state index contributed by atoms with van der Waals surface area (Å²) in [5, 5.41) is 11.9. The second-order valence-electron chi connectivity index (χ2n) is 6.33. The normalized spacial score (nSPS) is 16.3. The number of thioether (sulfide) groups is 1. The highest BCUT2D eigenvalue weighted by atomic mass is 32.2. The summed E-state index contributed by atoms with van der Waals surface area (Å²) in [6, 6.07) is 6.84. The number of hydrogen-bond donors (Lipinski definition) is 2. The molecule has 6 nitrogen and oxygen atoms in total. The lowest BCUT2D eigenvalue weighted by Crippen LogP contribution is -2.40. The van der Waals surface area contributed by atoms with Crippen LogP contribution in [0.15, 0.2) is 24.3 Å². The zero-order valence-electron chi connectivity index (χ0n) is 14.5. The Kier molecular flexibility index (Phi) is 6.87. The van der Waals surface area contributed by atoms with E-state index in [0.717, 1.165) is 5.75 Å². The van der Waals surface area contributed by atoms with Crippen LogP contribution in [-0.2, 0) is 9.59 Å². The molecule has 1 aromatic carbocycles. The van der Waals surface area contributed by atoms with Gasteiger partial charge in [-0.25, -0.2) is 0 Å². The maximum absolute atomic E-state index is 12.5. The summed E-state index contributed by atoms with van der Waals surface area (Å²) in [4.78, 5) is 37.2. The van der Waals surface area contributed by atoms with Gasteiger partial charge in [0, 0.05) is 36.0 Å². The molecule has 1 saturated heterocycles. The Morgan fingerprint density at radius 2 is 1.84 bits per heavy atom. The number of carbonyl (C=O) groups is 3. The molecule has 0 bridgehead atoms. The molecule has 25 heavy (non-hydrogen) atoms. The molecule has 0 aliphatic carbocycles. The van der Waals surface area contributed by atoms with Gasteiger partial charge in [0.1, 0.15) is 0 Å². The van der Waals surface area contributed by atoms with Crippen molar-refractivity contribution in [1.29, 1.82) is 0 Å². The van der Waals surface area contributed by atoms with E-state index < -0.39 is 5.97 Å². The summed E-state index contributed by atoms with van der Waals surface area (Å²) in [5.41, 5.74) is 1.21. The summed E-state index contributed by atoms with van der Waals surface area (Å²) in [5.74, 6) is -0.601. The van der Waals surface area contributed by atoms with Crippen molar-refractivity contribution < 1.29 is 19.5 Å². The highest BCUT2D eigenvalue weighted by molar-refractivity contribution is 7.98. The molecule has 1 unspecified atom stereocenters. The Morgan fingerprint density at radius 1 is 1.24 bits per heavy atom. The van der Waals surface area contributed by atoms with Crippen LogP contribution in [0.25, 0.3) is 0 Å². The number of anilines is 1. The molecule has 0 aromatic heterocycles. The maximum atomic E-state index is 12.5. The molecule has 7 heteroatoms. The second kappa shape index (κ2) is 8.89. The van der Waals surface area contributed by atoms with Gasteiger partial charge in [-0.05, 0) is 43.4 Å². The third-order valence-electron chi connectivity index (χ3n) is 4.40. The van der Waals surface area contributed by atoms with Crippen LogP contribution >= 0.6 is 11.8 Å². The van der Waals surface area contributed by atoms with Gasteiger partial charge in [0.05, 0.1) is 5.92 Å². The zero-order chi connectivity index (χ0) is 18.4. The van der Waals surface area contributed by atoms with Gasteiger partial charge in [0.25, 0.3) is 5.91 Å². The highest BCUT2D eigenvalue weighted by Gasteiger charge is 2.27. The number of hydrogen-bond acceptors (Lipinski definition) is 4. The molecule has 0 radical (unpaired) electrons. The van der Waals surface area contributed by atoms with E-state index in [0.29, 0.717) is 37.2 Å². The van der Waals surface area contributed by atoms with E-state index in [1.54, 1.807) is 40.9 Å². The highest BCUT2D eigenvalue weighted by Crippen LogP contribution is 2.20. The zero-order valence-corrected chi connectivity index (χ0v) is 15.3. The van der Waals surface area contributed by atoms with Crippen molar-refractivity contribution >= 4 is 35.2 Å². The van der Waals surface area contributed by atoms with Gasteiger partial charge in [-0.3, -0.25) is 14.4 Å². The van der Waals surface area contributed by atoms with Crippen LogP contribution in [-0.4, -0.2) is 52.9 Å². The van der Waals surface area contributed by atoms with Crippen molar-refractivity contribution in [2.45, 2.75) is 19.8 Å². The number of nitrogens with zero attached hydrogens (tertiary/aromatic N) is 1. The number of likely N-dealkylation sites (tertiary alicyclic amines) is 1.